The van der Waals surface area contributed by atoms with Gasteiger partial charge in [-0.3, -0.25) is 9.00 Å². The smallest absolute Gasteiger partial charge is 0.244 e. The Morgan fingerprint density at radius 3 is 2.75 bits per heavy atom. The third-order valence-electron chi connectivity index (χ3n) is 0.878. The van der Waals surface area contributed by atoms with Crippen molar-refractivity contribution in [2.45, 2.75) is 0 Å². The molecule has 4 nitrogen and oxygen atoms in total. The number of aliphatic hydroxyl groups excluding tert-OH is 1. The first kappa shape index (κ1) is 11.5. The second-order valence-corrected chi connectivity index (χ2v) is 6.06. The molecule has 1 amide bonds. The normalized spacial score (nSPS) is 15.8. The van der Waals surface area contributed by atoms with E-state index in [4.69, 9.17) is 5.11 Å². The van der Waals surface area contributed by atoms with Crippen molar-refractivity contribution in [3.8, 4) is 0 Å². The molecular weight excluding hydrogens is 198 g/mol. The van der Waals surface area contributed by atoms with Crippen LogP contribution >= 0.6 is 0 Å². The highest BCUT2D eigenvalue weighted by Crippen LogP contribution is 1.85. The molecule has 0 aliphatic rings. The predicted octanol–water partition coefficient (Wildman–Crippen LogP) is -1.02. The lowest BCUT2D eigenvalue weighted by molar-refractivity contribution is -0.116. The number of aliphatic hydroxyl groups is 1. The van der Waals surface area contributed by atoms with Gasteiger partial charge < -0.3 is 10.4 Å². The number of carbonyl (C=O) groups is 1. The highest BCUT2D eigenvalue weighted by Gasteiger charge is 1.94. The van der Waals surface area contributed by atoms with Crippen molar-refractivity contribution in [2.24, 2.45) is 0 Å². The minimum Gasteiger partial charge on any atom is -0.395 e. The van der Waals surface area contributed by atoms with Crippen LogP contribution in [0.25, 0.3) is 0 Å². The lowest BCUT2D eigenvalue weighted by atomic mass is 10.5. The molecule has 1 atom stereocenters. The summed E-state index contributed by atoms with van der Waals surface area (Å²) in [5.74, 6) is -0.400. The average Bonchev–Trinajstić information content (AvgIpc) is 1.95. The van der Waals surface area contributed by atoms with E-state index in [0.717, 1.165) is 6.08 Å². The minimum absolute atomic E-state index is 0.116. The molecule has 6 heteroatoms. The zero-order valence-corrected chi connectivity index (χ0v) is 8.28. The van der Waals surface area contributed by atoms with Gasteiger partial charge in [-0.15, -0.1) is 0 Å². The van der Waals surface area contributed by atoms with Crippen molar-refractivity contribution in [1.82, 2.24) is 5.32 Å². The molecule has 0 aromatic carbocycles. The van der Waals surface area contributed by atoms with Crippen molar-refractivity contribution in [3.05, 3.63) is 11.5 Å². The van der Waals surface area contributed by atoms with Crippen LogP contribution in [-0.2, 0) is 24.5 Å². The first-order valence-corrected chi connectivity index (χ1v) is 6.18. The van der Waals surface area contributed by atoms with Gasteiger partial charge in [-0.1, -0.05) is 0 Å². The molecule has 0 radical (unpaired) electrons. The number of rotatable bonds is 4. The van der Waals surface area contributed by atoms with Crippen molar-refractivity contribution in [1.29, 1.82) is 0 Å². The van der Waals surface area contributed by atoms with E-state index in [-0.39, 0.29) is 13.2 Å². The van der Waals surface area contributed by atoms with Gasteiger partial charge in [0.25, 0.3) is 0 Å². The molecule has 0 aliphatic carbocycles. The number of carbonyl (C=O) groups excluding carboxylic acids is 1. The first-order chi connectivity index (χ1) is 5.45. The Balaban J connectivity index is 3.93. The fraction of sp³-hybridized carbons (Fsp3) is 0.500. The zero-order chi connectivity index (χ0) is 9.61. The highest BCUT2D eigenvalue weighted by molar-refractivity contribution is 8.34. The van der Waals surface area contributed by atoms with E-state index in [1.54, 1.807) is 0 Å². The standard InChI is InChI=1S/C6H11NO3S2/c1-12(10,11)5-2-6(9)7-3-4-8/h2,5,8H,3-4H2,1H3,(H,7,9)/b5-2-. The molecule has 0 aromatic rings. The summed E-state index contributed by atoms with van der Waals surface area (Å²) in [6.07, 6.45) is 2.48. The molecule has 0 heterocycles. The third kappa shape index (κ3) is 7.64. The fourth-order valence-corrected chi connectivity index (χ4v) is 0.961. The molecule has 2 N–H and O–H groups in total. The van der Waals surface area contributed by atoms with E-state index in [2.05, 4.69) is 16.5 Å². The Morgan fingerprint density at radius 2 is 2.33 bits per heavy atom. The van der Waals surface area contributed by atoms with Crippen LogP contribution in [0.5, 0.6) is 0 Å². The Bertz CT molecular complexity index is 269. The van der Waals surface area contributed by atoms with Gasteiger partial charge in [-0.05, 0) is 11.2 Å². The molecule has 0 saturated carbocycles. The molecule has 0 bridgehead atoms. The lowest BCUT2D eigenvalue weighted by Crippen LogP contribution is -2.24. The topological polar surface area (TPSA) is 66.4 Å². The van der Waals surface area contributed by atoms with Crippen molar-refractivity contribution < 1.29 is 14.1 Å². The Labute approximate surface area is 76.3 Å². The van der Waals surface area contributed by atoms with Gasteiger partial charge in [0.1, 0.15) is 0 Å². The summed E-state index contributed by atoms with van der Waals surface area (Å²) in [5.41, 5.74) is 0. The second kappa shape index (κ2) is 5.23. The van der Waals surface area contributed by atoms with Crippen LogP contribution in [0.3, 0.4) is 0 Å². The molecule has 0 spiro atoms. The largest absolute Gasteiger partial charge is 0.395 e. The van der Waals surface area contributed by atoms with Gasteiger partial charge in [-0.2, -0.15) is 0 Å². The molecule has 1 unspecified atom stereocenters. The number of hydrogen-bond acceptors (Lipinski definition) is 4. The van der Waals surface area contributed by atoms with Gasteiger partial charge in [0, 0.05) is 32.8 Å². The first-order valence-electron chi connectivity index (χ1n) is 3.22. The van der Waals surface area contributed by atoms with Gasteiger partial charge in [-0.25, -0.2) is 0 Å². The Morgan fingerprint density at radius 1 is 1.75 bits per heavy atom. The lowest BCUT2D eigenvalue weighted by Gasteiger charge is -1.96. The van der Waals surface area contributed by atoms with Gasteiger partial charge in [0.2, 0.25) is 5.91 Å². The van der Waals surface area contributed by atoms with Crippen LogP contribution in [0.2, 0.25) is 0 Å². The molecule has 0 aromatic heterocycles. The van der Waals surface area contributed by atoms with Crippen LogP contribution in [0, 0.1) is 0 Å². The number of amides is 1. The van der Waals surface area contributed by atoms with E-state index >= 15 is 0 Å². The minimum atomic E-state index is -2.41. The van der Waals surface area contributed by atoms with Gasteiger partial charge in [0.15, 0.2) is 0 Å². The van der Waals surface area contributed by atoms with E-state index < -0.39 is 14.4 Å². The molecule has 0 rings (SSSR count). The van der Waals surface area contributed by atoms with E-state index in [1.165, 1.54) is 11.7 Å². The molecule has 0 fully saturated rings. The Hall–Kier alpha value is -0.460. The summed E-state index contributed by atoms with van der Waals surface area (Å²) in [6, 6.07) is 0. The van der Waals surface area contributed by atoms with Crippen LogP contribution in [-0.4, -0.2) is 34.6 Å². The van der Waals surface area contributed by atoms with Crippen molar-refractivity contribution >= 4 is 25.6 Å². The SMILES string of the molecule is CS(=O)(=S)/C=C\C(=O)NCCO. The van der Waals surface area contributed by atoms with Crippen LogP contribution in [0.1, 0.15) is 0 Å². The molecule has 12 heavy (non-hydrogen) atoms. The summed E-state index contributed by atoms with van der Waals surface area (Å²) in [4.78, 5) is 10.8. The van der Waals surface area contributed by atoms with Gasteiger partial charge >= 0.3 is 0 Å². The monoisotopic (exact) mass is 209 g/mol. The molecular formula is C6H11NO3S2. The fourth-order valence-electron chi connectivity index (χ4n) is 0.423. The summed E-state index contributed by atoms with van der Waals surface area (Å²) < 4.78 is 10.9. The van der Waals surface area contributed by atoms with Crippen molar-refractivity contribution in [2.75, 3.05) is 19.4 Å². The maximum absolute atomic E-state index is 10.9. The van der Waals surface area contributed by atoms with Crippen LogP contribution in [0.15, 0.2) is 11.5 Å². The van der Waals surface area contributed by atoms with Crippen molar-refractivity contribution in [3.63, 3.8) is 0 Å². The van der Waals surface area contributed by atoms with Crippen LogP contribution < -0.4 is 5.32 Å². The van der Waals surface area contributed by atoms with E-state index in [9.17, 15) is 9.00 Å². The quantitative estimate of drug-likeness (QED) is 0.582. The second-order valence-electron chi connectivity index (χ2n) is 2.15. The Kier molecular flexibility index (Phi) is 5.03. The molecule has 70 valence electrons. The van der Waals surface area contributed by atoms with E-state index in [0.29, 0.717) is 0 Å². The average molecular weight is 209 g/mol. The maximum atomic E-state index is 10.9. The zero-order valence-electron chi connectivity index (χ0n) is 6.65. The van der Waals surface area contributed by atoms with Gasteiger partial charge in [0.05, 0.1) is 6.61 Å². The third-order valence-corrected chi connectivity index (χ3v) is 1.84. The van der Waals surface area contributed by atoms with E-state index in [1.807, 2.05) is 0 Å². The highest BCUT2D eigenvalue weighted by atomic mass is 32.8. The summed E-state index contributed by atoms with van der Waals surface area (Å²) in [5, 5.41) is 11.9. The number of nitrogens with one attached hydrogen (secondary N) is 1. The summed E-state index contributed by atoms with van der Waals surface area (Å²) in [6.45, 7) is 0.0699. The predicted molar refractivity (Wildman–Crippen MR) is 50.7 cm³/mol. The molecule has 0 aliphatic heterocycles. The summed E-state index contributed by atoms with van der Waals surface area (Å²) in [7, 11) is -2.41. The summed E-state index contributed by atoms with van der Waals surface area (Å²) >= 11 is 4.53. The maximum Gasteiger partial charge on any atom is 0.244 e. The van der Waals surface area contributed by atoms with Crippen LogP contribution in [0.4, 0.5) is 0 Å². The molecule has 0 saturated heterocycles. The number of hydrogen-bond donors (Lipinski definition) is 2.